The van der Waals surface area contributed by atoms with E-state index in [1.807, 2.05) is 19.1 Å². The first kappa shape index (κ1) is 19.1. The molecule has 2 aromatic rings. The number of nitrogens with one attached hydrogen (secondary N) is 1. The molecule has 2 aliphatic heterocycles. The highest BCUT2D eigenvalue weighted by atomic mass is 32.2. The number of ether oxygens (including phenoxy) is 2. The van der Waals surface area contributed by atoms with Crippen LogP contribution in [0.15, 0.2) is 47.4 Å². The first-order chi connectivity index (χ1) is 14.0. The highest BCUT2D eigenvalue weighted by molar-refractivity contribution is 8.18. The van der Waals surface area contributed by atoms with E-state index in [0.717, 1.165) is 22.2 Å². The maximum absolute atomic E-state index is 12.6. The molecule has 0 spiro atoms. The highest BCUT2D eigenvalue weighted by Gasteiger charge is 2.36. The van der Waals surface area contributed by atoms with Gasteiger partial charge in [-0.1, -0.05) is 23.8 Å². The lowest BCUT2D eigenvalue weighted by molar-refractivity contribution is -0.127. The average molecular weight is 410 g/mol. The van der Waals surface area contributed by atoms with E-state index in [1.165, 1.54) is 0 Å². The molecule has 0 saturated carbocycles. The van der Waals surface area contributed by atoms with Crippen molar-refractivity contribution in [1.82, 2.24) is 4.90 Å². The maximum Gasteiger partial charge on any atom is 0.294 e. The van der Waals surface area contributed by atoms with Crippen LogP contribution in [0, 0.1) is 6.92 Å². The molecule has 0 unspecified atom stereocenters. The van der Waals surface area contributed by atoms with Crippen LogP contribution in [0.3, 0.4) is 0 Å². The van der Waals surface area contributed by atoms with Gasteiger partial charge in [0, 0.05) is 5.69 Å². The molecule has 2 aliphatic rings. The normalized spacial score (nSPS) is 17.0. The van der Waals surface area contributed by atoms with E-state index >= 15 is 0 Å². The van der Waals surface area contributed by atoms with E-state index in [-0.39, 0.29) is 11.4 Å². The number of rotatable bonds is 4. The van der Waals surface area contributed by atoms with E-state index in [2.05, 4.69) is 5.32 Å². The number of hydrogen-bond donors (Lipinski definition) is 1. The Labute approximate surface area is 171 Å². The molecule has 0 bridgehead atoms. The number of thioether (sulfide) groups is 1. The predicted molar refractivity (Wildman–Crippen MR) is 110 cm³/mol. The first-order valence-electron chi connectivity index (χ1n) is 9.01. The molecule has 0 radical (unpaired) electrons. The molecule has 29 heavy (non-hydrogen) atoms. The topological polar surface area (TPSA) is 84.9 Å². The summed E-state index contributed by atoms with van der Waals surface area (Å²) in [5.41, 5.74) is 2.39. The van der Waals surface area contributed by atoms with Gasteiger partial charge in [-0.3, -0.25) is 19.3 Å². The van der Waals surface area contributed by atoms with Crippen molar-refractivity contribution in [2.24, 2.45) is 0 Å². The molecule has 3 amide bonds. The van der Waals surface area contributed by atoms with Gasteiger partial charge in [-0.15, -0.1) is 0 Å². The zero-order valence-electron chi connectivity index (χ0n) is 15.6. The quantitative estimate of drug-likeness (QED) is 0.778. The number of benzene rings is 2. The summed E-state index contributed by atoms with van der Waals surface area (Å²) >= 11 is 0.811. The Balaban J connectivity index is 1.45. The minimum Gasteiger partial charge on any atom is -0.486 e. The molecule has 7 nitrogen and oxygen atoms in total. The number of anilines is 1. The van der Waals surface area contributed by atoms with Gasteiger partial charge in [-0.2, -0.15) is 0 Å². The maximum atomic E-state index is 12.6. The van der Waals surface area contributed by atoms with Crippen LogP contribution in [-0.2, 0) is 9.59 Å². The Hall–Kier alpha value is -3.26. The Morgan fingerprint density at radius 3 is 2.59 bits per heavy atom. The molecule has 2 aromatic carbocycles. The number of fused-ring (bicyclic) bond motifs is 1. The molecule has 1 fully saturated rings. The summed E-state index contributed by atoms with van der Waals surface area (Å²) in [6, 6.07) is 12.6. The zero-order chi connectivity index (χ0) is 20.4. The van der Waals surface area contributed by atoms with E-state index in [1.54, 1.807) is 36.4 Å². The lowest BCUT2D eigenvalue weighted by atomic mass is 10.1. The van der Waals surface area contributed by atoms with Gasteiger partial charge in [0.05, 0.1) is 4.91 Å². The molecule has 1 saturated heterocycles. The summed E-state index contributed by atoms with van der Waals surface area (Å²) in [7, 11) is 0. The van der Waals surface area contributed by atoms with Crippen LogP contribution in [0.4, 0.5) is 10.5 Å². The van der Waals surface area contributed by atoms with Gasteiger partial charge in [0.25, 0.3) is 11.1 Å². The van der Waals surface area contributed by atoms with Crippen LogP contribution < -0.4 is 14.8 Å². The summed E-state index contributed by atoms with van der Waals surface area (Å²) in [6.07, 6.45) is 1.61. The Morgan fingerprint density at radius 2 is 1.83 bits per heavy atom. The van der Waals surface area contributed by atoms with Crippen LogP contribution in [0.1, 0.15) is 11.1 Å². The molecule has 4 rings (SSSR count). The van der Waals surface area contributed by atoms with Crippen molar-refractivity contribution in [2.45, 2.75) is 6.92 Å². The summed E-state index contributed by atoms with van der Waals surface area (Å²) in [5.74, 6) is 0.321. The minimum atomic E-state index is -0.492. The summed E-state index contributed by atoms with van der Waals surface area (Å²) < 4.78 is 11.0. The van der Waals surface area contributed by atoms with Gasteiger partial charge >= 0.3 is 0 Å². The molecule has 148 valence electrons. The number of carbonyl (C=O) groups is 3. The lowest BCUT2D eigenvalue weighted by Gasteiger charge is -2.18. The summed E-state index contributed by atoms with van der Waals surface area (Å²) in [6.45, 7) is 2.57. The van der Waals surface area contributed by atoms with Gasteiger partial charge in [0.2, 0.25) is 5.91 Å². The standard InChI is InChI=1S/C21H18N2O5S/c1-13-2-5-15(6-3-13)22-19(24)12-23-20(25)18(29-21(23)26)11-14-4-7-16-17(10-14)28-9-8-27-16/h2-7,10-11H,8-9,12H2,1H3,(H,22,24). The molecular formula is C21H18N2O5S. The fraction of sp³-hybridized carbons (Fsp3) is 0.190. The van der Waals surface area contributed by atoms with Gasteiger partial charge in [0.1, 0.15) is 19.8 Å². The number of nitrogens with zero attached hydrogens (tertiary/aromatic N) is 1. The Morgan fingerprint density at radius 1 is 1.10 bits per heavy atom. The Kier molecular flexibility index (Phi) is 5.26. The number of amides is 3. The number of hydrogen-bond acceptors (Lipinski definition) is 6. The fourth-order valence-corrected chi connectivity index (χ4v) is 3.76. The van der Waals surface area contributed by atoms with Gasteiger partial charge < -0.3 is 14.8 Å². The van der Waals surface area contributed by atoms with E-state index in [4.69, 9.17) is 9.47 Å². The molecule has 2 heterocycles. The predicted octanol–water partition coefficient (Wildman–Crippen LogP) is 3.44. The van der Waals surface area contributed by atoms with Crippen molar-refractivity contribution in [2.75, 3.05) is 25.1 Å². The monoisotopic (exact) mass is 410 g/mol. The Bertz CT molecular complexity index is 1020. The lowest BCUT2D eigenvalue weighted by Crippen LogP contribution is -2.36. The van der Waals surface area contributed by atoms with Crippen molar-refractivity contribution in [3.63, 3.8) is 0 Å². The third-order valence-electron chi connectivity index (χ3n) is 4.37. The molecule has 0 aromatic heterocycles. The molecule has 1 N–H and O–H groups in total. The van der Waals surface area contributed by atoms with Gasteiger partial charge in [-0.05, 0) is 54.6 Å². The van der Waals surface area contributed by atoms with Crippen molar-refractivity contribution in [1.29, 1.82) is 0 Å². The largest absolute Gasteiger partial charge is 0.486 e. The molecule has 0 atom stereocenters. The smallest absolute Gasteiger partial charge is 0.294 e. The second-order valence-electron chi connectivity index (χ2n) is 6.59. The van der Waals surface area contributed by atoms with Gasteiger partial charge in [0.15, 0.2) is 11.5 Å². The zero-order valence-corrected chi connectivity index (χ0v) is 16.5. The van der Waals surface area contributed by atoms with Crippen LogP contribution in [0.25, 0.3) is 6.08 Å². The second-order valence-corrected chi connectivity index (χ2v) is 7.58. The van der Waals surface area contributed by atoms with Crippen molar-refractivity contribution < 1.29 is 23.9 Å². The number of imide groups is 1. The molecule has 0 aliphatic carbocycles. The first-order valence-corrected chi connectivity index (χ1v) is 9.83. The number of carbonyl (C=O) groups excluding carboxylic acids is 3. The fourth-order valence-electron chi connectivity index (χ4n) is 2.92. The van der Waals surface area contributed by atoms with Crippen molar-refractivity contribution >= 4 is 40.6 Å². The highest BCUT2D eigenvalue weighted by Crippen LogP contribution is 2.35. The van der Waals surface area contributed by atoms with Crippen LogP contribution >= 0.6 is 11.8 Å². The minimum absolute atomic E-state index is 0.259. The van der Waals surface area contributed by atoms with Crippen molar-refractivity contribution in [3.8, 4) is 11.5 Å². The van der Waals surface area contributed by atoms with Crippen LogP contribution in [0.2, 0.25) is 0 Å². The second kappa shape index (κ2) is 8.00. The van der Waals surface area contributed by atoms with Gasteiger partial charge in [-0.25, -0.2) is 0 Å². The van der Waals surface area contributed by atoms with Crippen LogP contribution in [-0.4, -0.2) is 41.7 Å². The van der Waals surface area contributed by atoms with E-state index < -0.39 is 17.1 Å². The average Bonchev–Trinajstić information content (AvgIpc) is 2.97. The number of aryl methyl sites for hydroxylation is 1. The van der Waals surface area contributed by atoms with Crippen LogP contribution in [0.5, 0.6) is 11.5 Å². The van der Waals surface area contributed by atoms with Crippen molar-refractivity contribution in [3.05, 3.63) is 58.5 Å². The summed E-state index contributed by atoms with van der Waals surface area (Å²) in [5, 5.41) is 2.22. The van der Waals surface area contributed by atoms with E-state index in [0.29, 0.717) is 36.0 Å². The summed E-state index contributed by atoms with van der Waals surface area (Å²) in [4.78, 5) is 38.3. The van der Waals surface area contributed by atoms with E-state index in [9.17, 15) is 14.4 Å². The molecule has 8 heteroatoms. The molecular weight excluding hydrogens is 392 g/mol. The third kappa shape index (κ3) is 4.27. The SMILES string of the molecule is Cc1ccc(NC(=O)CN2C(=O)SC(=Cc3ccc4c(c3)OCCO4)C2=O)cc1. The third-order valence-corrected chi connectivity index (χ3v) is 5.28.